The van der Waals surface area contributed by atoms with Crippen molar-refractivity contribution >= 4 is 38.5 Å². The minimum absolute atomic E-state index is 0.524. The number of halogens is 2. The van der Waals surface area contributed by atoms with E-state index in [4.69, 9.17) is 10.5 Å². The highest BCUT2D eigenvalue weighted by Gasteiger charge is 2.07. The number of hydrogen-bond donors (Lipinski definition) is 1. The Hall–Kier alpha value is 0.190. The average molecular weight is 342 g/mol. The third-order valence-electron chi connectivity index (χ3n) is 1.57. The van der Waals surface area contributed by atoms with Crippen LogP contribution >= 0.6 is 38.5 Å². The van der Waals surface area contributed by atoms with Crippen LogP contribution in [-0.2, 0) is 6.54 Å². The van der Waals surface area contributed by atoms with E-state index >= 15 is 0 Å². The van der Waals surface area contributed by atoms with Crippen molar-refractivity contribution in [1.29, 1.82) is 0 Å². The molecule has 0 fully saturated rings. The summed E-state index contributed by atoms with van der Waals surface area (Å²) in [5.74, 6) is 0.830. The van der Waals surface area contributed by atoms with E-state index in [1.54, 1.807) is 7.11 Å². The highest BCUT2D eigenvalue weighted by molar-refractivity contribution is 14.1. The summed E-state index contributed by atoms with van der Waals surface area (Å²) in [6.45, 7) is 0.524. The maximum Gasteiger partial charge on any atom is 0.133 e. The zero-order valence-electron chi connectivity index (χ0n) is 6.60. The predicted molar refractivity (Wildman–Crippen MR) is 61.3 cm³/mol. The van der Waals surface area contributed by atoms with Crippen molar-refractivity contribution in [3.63, 3.8) is 0 Å². The Morgan fingerprint density at radius 2 is 2.25 bits per heavy atom. The van der Waals surface area contributed by atoms with E-state index in [9.17, 15) is 0 Å². The number of methoxy groups -OCH3 is 1. The highest BCUT2D eigenvalue weighted by Crippen LogP contribution is 2.31. The smallest absolute Gasteiger partial charge is 0.133 e. The number of ether oxygens (including phenoxy) is 1. The van der Waals surface area contributed by atoms with Crippen molar-refractivity contribution in [3.8, 4) is 5.75 Å². The summed E-state index contributed by atoms with van der Waals surface area (Å²) in [7, 11) is 1.65. The van der Waals surface area contributed by atoms with E-state index in [0.29, 0.717) is 6.54 Å². The summed E-state index contributed by atoms with van der Waals surface area (Å²) in [6, 6.07) is 3.91. The molecule has 0 radical (unpaired) electrons. The quantitative estimate of drug-likeness (QED) is 0.839. The van der Waals surface area contributed by atoms with Gasteiger partial charge in [0.2, 0.25) is 0 Å². The lowest BCUT2D eigenvalue weighted by atomic mass is 10.2. The molecule has 0 bridgehead atoms. The first-order valence-corrected chi connectivity index (χ1v) is 5.28. The second kappa shape index (κ2) is 4.43. The van der Waals surface area contributed by atoms with Crippen molar-refractivity contribution in [2.75, 3.05) is 7.11 Å². The molecule has 0 saturated carbocycles. The SMILES string of the molecule is COc1ccc(I)c(CN)c1Br. The Labute approximate surface area is 93.7 Å². The molecule has 0 spiro atoms. The van der Waals surface area contributed by atoms with Crippen LogP contribution in [0.2, 0.25) is 0 Å². The lowest BCUT2D eigenvalue weighted by molar-refractivity contribution is 0.411. The van der Waals surface area contributed by atoms with Crippen molar-refractivity contribution in [2.45, 2.75) is 6.54 Å². The summed E-state index contributed by atoms with van der Waals surface area (Å²) in [5.41, 5.74) is 6.68. The fraction of sp³-hybridized carbons (Fsp3) is 0.250. The van der Waals surface area contributed by atoms with Gasteiger partial charge >= 0.3 is 0 Å². The van der Waals surface area contributed by atoms with Crippen LogP contribution in [0.5, 0.6) is 5.75 Å². The van der Waals surface area contributed by atoms with Crippen molar-refractivity contribution in [3.05, 3.63) is 25.7 Å². The molecule has 0 aliphatic rings. The maximum absolute atomic E-state index is 5.58. The Morgan fingerprint density at radius 3 is 2.75 bits per heavy atom. The second-order valence-electron chi connectivity index (χ2n) is 2.25. The molecule has 0 saturated heterocycles. The van der Waals surface area contributed by atoms with Gasteiger partial charge < -0.3 is 10.5 Å². The summed E-state index contributed by atoms with van der Waals surface area (Å²) < 4.78 is 7.25. The molecule has 0 unspecified atom stereocenters. The monoisotopic (exact) mass is 341 g/mol. The third kappa shape index (κ3) is 1.92. The van der Waals surface area contributed by atoms with Gasteiger partial charge in [-0.1, -0.05) is 0 Å². The van der Waals surface area contributed by atoms with Gasteiger partial charge in [0, 0.05) is 10.1 Å². The van der Waals surface area contributed by atoms with E-state index in [-0.39, 0.29) is 0 Å². The van der Waals surface area contributed by atoms with Gasteiger partial charge in [-0.2, -0.15) is 0 Å². The lowest BCUT2D eigenvalue weighted by Crippen LogP contribution is -2.01. The lowest BCUT2D eigenvalue weighted by Gasteiger charge is -2.08. The van der Waals surface area contributed by atoms with Crippen LogP contribution in [0, 0.1) is 3.57 Å². The van der Waals surface area contributed by atoms with E-state index < -0.39 is 0 Å². The number of benzene rings is 1. The maximum atomic E-state index is 5.58. The summed E-state index contributed by atoms with van der Waals surface area (Å²) in [6.07, 6.45) is 0. The largest absolute Gasteiger partial charge is 0.496 e. The number of rotatable bonds is 2. The summed E-state index contributed by atoms with van der Waals surface area (Å²) in [5, 5.41) is 0. The van der Waals surface area contributed by atoms with E-state index in [0.717, 1.165) is 19.4 Å². The Morgan fingerprint density at radius 1 is 1.58 bits per heavy atom. The molecule has 0 aliphatic heterocycles. The molecule has 0 amide bonds. The number of nitrogens with two attached hydrogens (primary N) is 1. The minimum Gasteiger partial charge on any atom is -0.496 e. The van der Waals surface area contributed by atoms with Crippen LogP contribution in [0.1, 0.15) is 5.56 Å². The molecule has 1 aromatic carbocycles. The molecular weight excluding hydrogens is 333 g/mol. The van der Waals surface area contributed by atoms with E-state index in [1.165, 1.54) is 0 Å². The Kier molecular flexibility index (Phi) is 3.79. The molecule has 2 nitrogen and oxygen atoms in total. The molecule has 12 heavy (non-hydrogen) atoms. The van der Waals surface area contributed by atoms with Crippen LogP contribution in [0.4, 0.5) is 0 Å². The minimum atomic E-state index is 0.524. The molecule has 2 N–H and O–H groups in total. The third-order valence-corrected chi connectivity index (χ3v) is 3.45. The van der Waals surface area contributed by atoms with Gasteiger partial charge in [0.1, 0.15) is 5.75 Å². The van der Waals surface area contributed by atoms with Gasteiger partial charge in [-0.15, -0.1) is 0 Å². The van der Waals surface area contributed by atoms with Gasteiger partial charge in [-0.25, -0.2) is 0 Å². The second-order valence-corrected chi connectivity index (χ2v) is 4.20. The first-order chi connectivity index (χ1) is 5.70. The van der Waals surface area contributed by atoms with Gasteiger partial charge in [0.05, 0.1) is 11.6 Å². The molecule has 1 rings (SSSR count). The molecule has 0 atom stereocenters. The van der Waals surface area contributed by atoms with E-state index in [1.807, 2.05) is 12.1 Å². The van der Waals surface area contributed by atoms with Crippen molar-refractivity contribution in [1.82, 2.24) is 0 Å². The van der Waals surface area contributed by atoms with Crippen LogP contribution < -0.4 is 10.5 Å². The first-order valence-electron chi connectivity index (χ1n) is 3.41. The zero-order chi connectivity index (χ0) is 9.14. The van der Waals surface area contributed by atoms with Crippen molar-refractivity contribution < 1.29 is 4.74 Å². The fourth-order valence-corrected chi connectivity index (χ4v) is 2.63. The first kappa shape index (κ1) is 10.3. The summed E-state index contributed by atoms with van der Waals surface area (Å²) >= 11 is 5.70. The van der Waals surface area contributed by atoms with Gasteiger partial charge in [-0.05, 0) is 56.2 Å². The summed E-state index contributed by atoms with van der Waals surface area (Å²) in [4.78, 5) is 0. The normalized spacial score (nSPS) is 10.0. The Bertz CT molecular complexity index is 291. The topological polar surface area (TPSA) is 35.2 Å². The standard InChI is InChI=1S/C8H9BrINO/c1-12-7-3-2-6(10)5(4-11)8(7)9/h2-3H,4,11H2,1H3. The predicted octanol–water partition coefficient (Wildman–Crippen LogP) is 2.52. The highest BCUT2D eigenvalue weighted by atomic mass is 127. The Balaban J connectivity index is 3.24. The van der Waals surface area contributed by atoms with Crippen LogP contribution in [0.3, 0.4) is 0 Å². The van der Waals surface area contributed by atoms with Crippen LogP contribution in [-0.4, -0.2) is 7.11 Å². The zero-order valence-corrected chi connectivity index (χ0v) is 10.3. The van der Waals surface area contributed by atoms with Crippen molar-refractivity contribution in [2.24, 2.45) is 5.73 Å². The number of hydrogen-bond acceptors (Lipinski definition) is 2. The molecular formula is C8H9BrINO. The molecule has 66 valence electrons. The average Bonchev–Trinajstić information content (AvgIpc) is 2.06. The van der Waals surface area contributed by atoms with E-state index in [2.05, 4.69) is 38.5 Å². The van der Waals surface area contributed by atoms with Crippen LogP contribution in [0.25, 0.3) is 0 Å². The molecule has 0 aromatic heterocycles. The molecule has 4 heteroatoms. The molecule has 0 aliphatic carbocycles. The molecule has 1 aromatic rings. The van der Waals surface area contributed by atoms with Gasteiger partial charge in [0.25, 0.3) is 0 Å². The fourth-order valence-electron chi connectivity index (χ4n) is 0.921. The van der Waals surface area contributed by atoms with Gasteiger partial charge in [0.15, 0.2) is 0 Å². The van der Waals surface area contributed by atoms with Crippen LogP contribution in [0.15, 0.2) is 16.6 Å². The van der Waals surface area contributed by atoms with Gasteiger partial charge in [-0.3, -0.25) is 0 Å². The molecule has 0 heterocycles.